The van der Waals surface area contributed by atoms with Crippen molar-refractivity contribution < 1.29 is 9.59 Å². The molecule has 0 atom stereocenters. The number of carbonyl (C=O) groups excluding carboxylic acids is 2. The number of nitrogens with two attached hydrogens (primary N) is 1. The third kappa shape index (κ3) is 2.72. The third-order valence-electron chi connectivity index (χ3n) is 3.00. The van der Waals surface area contributed by atoms with E-state index in [2.05, 4.69) is 11.4 Å². The first-order chi connectivity index (χ1) is 9.40. The fourth-order valence-electron chi connectivity index (χ4n) is 2.17. The van der Waals surface area contributed by atoms with Crippen LogP contribution in [0, 0.1) is 13.8 Å². The number of hydrogen-bond donors (Lipinski definition) is 2. The monoisotopic (exact) mass is 288 g/mol. The van der Waals surface area contributed by atoms with Crippen LogP contribution in [0.5, 0.6) is 0 Å². The van der Waals surface area contributed by atoms with Crippen molar-refractivity contribution in [2.45, 2.75) is 20.8 Å². The summed E-state index contributed by atoms with van der Waals surface area (Å²) in [5.74, 6) is -0.758. The molecule has 3 N–H and O–H groups in total. The van der Waals surface area contributed by atoms with E-state index in [1.165, 1.54) is 18.3 Å². The molecule has 0 aliphatic carbocycles. The molecule has 5 heteroatoms. The fourth-order valence-corrected chi connectivity index (χ4v) is 3.18. The zero-order chi connectivity index (χ0) is 14.9. The summed E-state index contributed by atoms with van der Waals surface area (Å²) >= 11 is 1.31. The molecule has 0 radical (unpaired) electrons. The van der Waals surface area contributed by atoms with E-state index in [0.717, 1.165) is 22.3 Å². The lowest BCUT2D eigenvalue weighted by Gasteiger charge is -2.08. The number of aryl methyl sites for hydroxylation is 2. The predicted molar refractivity (Wildman–Crippen MR) is 82.1 cm³/mol. The van der Waals surface area contributed by atoms with Gasteiger partial charge in [0.15, 0.2) is 0 Å². The fraction of sp³-hybridized carbons (Fsp3) is 0.200. The van der Waals surface area contributed by atoms with Crippen LogP contribution in [0.4, 0.5) is 5.00 Å². The van der Waals surface area contributed by atoms with Crippen LogP contribution in [-0.2, 0) is 4.79 Å². The highest BCUT2D eigenvalue weighted by atomic mass is 32.1. The van der Waals surface area contributed by atoms with Crippen LogP contribution in [0.15, 0.2) is 23.6 Å². The van der Waals surface area contributed by atoms with Crippen LogP contribution in [0.1, 0.15) is 28.4 Å². The summed E-state index contributed by atoms with van der Waals surface area (Å²) in [6.45, 7) is 5.41. The minimum Gasteiger partial charge on any atom is -0.365 e. The quantitative estimate of drug-likeness (QED) is 0.911. The first-order valence-electron chi connectivity index (χ1n) is 6.16. The summed E-state index contributed by atoms with van der Waals surface area (Å²) in [6.07, 6.45) is 0. The Hall–Kier alpha value is -2.14. The number of benzene rings is 1. The van der Waals surface area contributed by atoms with Crippen LogP contribution in [0.3, 0.4) is 0 Å². The van der Waals surface area contributed by atoms with Gasteiger partial charge in [-0.1, -0.05) is 23.8 Å². The van der Waals surface area contributed by atoms with E-state index in [0.29, 0.717) is 10.6 Å². The molecule has 1 aromatic carbocycles. The molecule has 0 spiro atoms. The van der Waals surface area contributed by atoms with Gasteiger partial charge in [0.1, 0.15) is 5.00 Å². The molecule has 0 fully saturated rings. The first kappa shape index (κ1) is 14.3. The van der Waals surface area contributed by atoms with E-state index in [-0.39, 0.29) is 5.91 Å². The number of thiophene rings is 1. The van der Waals surface area contributed by atoms with Gasteiger partial charge < -0.3 is 11.1 Å². The summed E-state index contributed by atoms with van der Waals surface area (Å²) in [5.41, 5.74) is 9.79. The van der Waals surface area contributed by atoms with E-state index in [1.807, 2.05) is 31.4 Å². The molecule has 1 heterocycles. The molecular formula is C15H16N2O2S. The summed E-state index contributed by atoms with van der Waals surface area (Å²) in [5, 5.41) is 5.00. The van der Waals surface area contributed by atoms with Crippen LogP contribution < -0.4 is 11.1 Å². The molecule has 2 aromatic rings. The van der Waals surface area contributed by atoms with Crippen molar-refractivity contribution in [3.8, 4) is 11.1 Å². The number of carbonyl (C=O) groups is 2. The van der Waals surface area contributed by atoms with Crippen LogP contribution in [-0.4, -0.2) is 11.8 Å². The topological polar surface area (TPSA) is 72.2 Å². The number of rotatable bonds is 3. The highest BCUT2D eigenvalue weighted by molar-refractivity contribution is 7.15. The zero-order valence-corrected chi connectivity index (χ0v) is 12.4. The molecular weight excluding hydrogens is 272 g/mol. The Bertz CT molecular complexity index is 689. The van der Waals surface area contributed by atoms with Gasteiger partial charge in [-0.2, -0.15) is 0 Å². The smallest absolute Gasteiger partial charge is 0.252 e. The van der Waals surface area contributed by atoms with Gasteiger partial charge in [0.25, 0.3) is 5.91 Å². The standard InChI is InChI=1S/C15H16N2O2S/c1-8-4-5-11(9(2)6-8)12-7-20-15(17-10(3)18)13(12)14(16)19/h4-7H,1-3H3,(H2,16,19)(H,17,18). The van der Waals surface area contributed by atoms with Gasteiger partial charge in [0, 0.05) is 17.9 Å². The number of amides is 2. The third-order valence-corrected chi connectivity index (χ3v) is 3.89. The Labute approximate surface area is 121 Å². The molecule has 20 heavy (non-hydrogen) atoms. The Morgan fingerprint density at radius 3 is 2.45 bits per heavy atom. The van der Waals surface area contributed by atoms with E-state index >= 15 is 0 Å². The lowest BCUT2D eigenvalue weighted by Crippen LogP contribution is -2.15. The first-order valence-corrected chi connectivity index (χ1v) is 7.04. The molecule has 0 aliphatic rings. The summed E-state index contributed by atoms with van der Waals surface area (Å²) in [4.78, 5) is 22.9. The van der Waals surface area contributed by atoms with Gasteiger partial charge in [0.05, 0.1) is 5.56 Å². The number of primary amides is 1. The maximum Gasteiger partial charge on any atom is 0.252 e. The second-order valence-corrected chi connectivity index (χ2v) is 5.60. The molecule has 1 aromatic heterocycles. The maximum atomic E-state index is 11.7. The molecule has 4 nitrogen and oxygen atoms in total. The molecule has 0 bridgehead atoms. The van der Waals surface area contributed by atoms with Gasteiger partial charge in [0.2, 0.25) is 5.91 Å². The normalized spacial score (nSPS) is 10.3. The van der Waals surface area contributed by atoms with Crippen molar-refractivity contribution in [2.75, 3.05) is 5.32 Å². The van der Waals surface area contributed by atoms with Crippen molar-refractivity contribution in [3.63, 3.8) is 0 Å². The summed E-state index contributed by atoms with van der Waals surface area (Å²) < 4.78 is 0. The Morgan fingerprint density at radius 1 is 1.20 bits per heavy atom. The van der Waals surface area contributed by atoms with E-state index in [9.17, 15) is 9.59 Å². The Balaban J connectivity index is 2.59. The van der Waals surface area contributed by atoms with Gasteiger partial charge >= 0.3 is 0 Å². The van der Waals surface area contributed by atoms with Crippen LogP contribution >= 0.6 is 11.3 Å². The molecule has 0 aliphatic heterocycles. The van der Waals surface area contributed by atoms with Crippen molar-refractivity contribution in [1.82, 2.24) is 0 Å². The largest absolute Gasteiger partial charge is 0.365 e. The van der Waals surface area contributed by atoms with Gasteiger partial charge in [-0.3, -0.25) is 9.59 Å². The molecule has 104 valence electrons. The number of anilines is 1. The average molecular weight is 288 g/mol. The summed E-state index contributed by atoms with van der Waals surface area (Å²) in [7, 11) is 0. The SMILES string of the molecule is CC(=O)Nc1scc(-c2ccc(C)cc2C)c1C(N)=O. The van der Waals surface area contributed by atoms with E-state index in [4.69, 9.17) is 5.73 Å². The van der Waals surface area contributed by atoms with Gasteiger partial charge in [-0.15, -0.1) is 11.3 Å². The molecule has 2 amide bonds. The summed E-state index contributed by atoms with van der Waals surface area (Å²) in [6, 6.07) is 6.01. The Morgan fingerprint density at radius 2 is 1.90 bits per heavy atom. The lowest BCUT2D eigenvalue weighted by atomic mass is 9.97. The average Bonchev–Trinajstić information content (AvgIpc) is 2.71. The zero-order valence-electron chi connectivity index (χ0n) is 11.6. The highest BCUT2D eigenvalue weighted by Gasteiger charge is 2.19. The van der Waals surface area contributed by atoms with Gasteiger partial charge in [-0.25, -0.2) is 0 Å². The molecule has 0 unspecified atom stereocenters. The van der Waals surface area contributed by atoms with E-state index in [1.54, 1.807) is 0 Å². The predicted octanol–water partition coefficient (Wildman–Crippen LogP) is 3.09. The minimum atomic E-state index is -0.537. The molecule has 0 saturated carbocycles. The van der Waals surface area contributed by atoms with Crippen molar-refractivity contribution >= 4 is 28.2 Å². The minimum absolute atomic E-state index is 0.221. The maximum absolute atomic E-state index is 11.7. The second kappa shape index (κ2) is 5.46. The highest BCUT2D eigenvalue weighted by Crippen LogP contribution is 2.36. The van der Waals surface area contributed by atoms with Crippen molar-refractivity contribution in [3.05, 3.63) is 40.3 Å². The van der Waals surface area contributed by atoms with Crippen molar-refractivity contribution in [2.24, 2.45) is 5.73 Å². The lowest BCUT2D eigenvalue weighted by molar-refractivity contribution is -0.114. The molecule has 2 rings (SSSR count). The van der Waals surface area contributed by atoms with Crippen LogP contribution in [0.25, 0.3) is 11.1 Å². The Kier molecular flexibility index (Phi) is 3.90. The second-order valence-electron chi connectivity index (χ2n) is 4.72. The molecule has 0 saturated heterocycles. The van der Waals surface area contributed by atoms with Crippen LogP contribution in [0.2, 0.25) is 0 Å². The van der Waals surface area contributed by atoms with E-state index < -0.39 is 5.91 Å². The van der Waals surface area contributed by atoms with Gasteiger partial charge in [-0.05, 0) is 25.0 Å². The number of hydrogen-bond acceptors (Lipinski definition) is 3. The van der Waals surface area contributed by atoms with Crippen molar-refractivity contribution in [1.29, 1.82) is 0 Å². The number of nitrogens with one attached hydrogen (secondary N) is 1.